The number of urea groups is 1. The van der Waals surface area contributed by atoms with E-state index in [1.165, 1.54) is 0 Å². The van der Waals surface area contributed by atoms with E-state index in [9.17, 15) is 9.59 Å². The maximum Gasteiger partial charge on any atom is 0.322 e. The van der Waals surface area contributed by atoms with Gasteiger partial charge in [0.2, 0.25) is 0 Å². The molecule has 3 aromatic rings. The Labute approximate surface area is 197 Å². The molecule has 4 heterocycles. The lowest BCUT2D eigenvalue weighted by Crippen LogP contribution is -2.54. The molecule has 10 nitrogen and oxygen atoms in total. The van der Waals surface area contributed by atoms with E-state index in [1.54, 1.807) is 52.0 Å². The molecule has 0 radical (unpaired) electrons. The van der Waals surface area contributed by atoms with Gasteiger partial charge in [0.25, 0.3) is 5.91 Å². The number of likely N-dealkylation sites (tertiary alicyclic amines) is 1. The Balaban J connectivity index is 1.42. The second-order valence-corrected chi connectivity index (χ2v) is 8.29. The fourth-order valence-corrected chi connectivity index (χ4v) is 4.29. The highest BCUT2D eigenvalue weighted by molar-refractivity contribution is 5.99. The van der Waals surface area contributed by atoms with Gasteiger partial charge >= 0.3 is 6.03 Å². The number of carbonyl (C=O) groups is 2. The predicted molar refractivity (Wildman–Crippen MR) is 125 cm³/mol. The minimum absolute atomic E-state index is 0.0464. The largest absolute Gasteiger partial charge is 0.489 e. The molecular weight excluding hydrogens is 438 g/mol. The predicted octanol–water partition coefficient (Wildman–Crippen LogP) is 2.83. The zero-order valence-corrected chi connectivity index (χ0v) is 19.4. The summed E-state index contributed by atoms with van der Waals surface area (Å²) in [5, 5.41) is 7.19. The van der Waals surface area contributed by atoms with E-state index in [2.05, 4.69) is 10.4 Å². The highest BCUT2D eigenvalue weighted by atomic mass is 16.5. The van der Waals surface area contributed by atoms with E-state index in [4.69, 9.17) is 14.2 Å². The Morgan fingerprint density at radius 3 is 2.85 bits per heavy atom. The number of fused-ring (bicyclic) bond motifs is 2. The van der Waals surface area contributed by atoms with Crippen LogP contribution < -0.4 is 19.7 Å². The third-order valence-corrected chi connectivity index (χ3v) is 6.18. The van der Waals surface area contributed by atoms with Crippen LogP contribution in [-0.4, -0.2) is 72.5 Å². The van der Waals surface area contributed by atoms with E-state index in [0.29, 0.717) is 61.3 Å². The monoisotopic (exact) mass is 465 g/mol. The van der Waals surface area contributed by atoms with Crippen LogP contribution in [0, 0.1) is 6.92 Å². The van der Waals surface area contributed by atoms with Gasteiger partial charge in [0.1, 0.15) is 23.6 Å². The average Bonchev–Trinajstić information content (AvgIpc) is 3.15. The first-order valence-corrected chi connectivity index (χ1v) is 11.3. The Kier molecular flexibility index (Phi) is 5.74. The number of benzene rings is 1. The first-order chi connectivity index (χ1) is 16.5. The van der Waals surface area contributed by atoms with Crippen molar-refractivity contribution in [2.75, 3.05) is 44.8 Å². The lowest BCUT2D eigenvalue weighted by Gasteiger charge is -2.38. The van der Waals surface area contributed by atoms with Crippen molar-refractivity contribution in [1.82, 2.24) is 19.8 Å². The molecule has 0 spiro atoms. The van der Waals surface area contributed by atoms with Gasteiger partial charge in [0, 0.05) is 45.1 Å². The lowest BCUT2D eigenvalue weighted by atomic mass is 10.1. The molecule has 2 aliphatic rings. The van der Waals surface area contributed by atoms with Gasteiger partial charge in [-0.15, -0.1) is 0 Å². The topological polar surface area (TPSA) is 97.6 Å². The number of nitrogens with zero attached hydrogens (tertiary/aromatic N) is 4. The van der Waals surface area contributed by atoms with Gasteiger partial charge in [0.05, 0.1) is 30.1 Å². The summed E-state index contributed by atoms with van der Waals surface area (Å²) in [6, 6.07) is 6.99. The van der Waals surface area contributed by atoms with Crippen molar-refractivity contribution in [3.05, 3.63) is 47.8 Å². The first-order valence-electron chi connectivity index (χ1n) is 11.3. The maximum absolute atomic E-state index is 13.0. The van der Waals surface area contributed by atoms with Crippen LogP contribution in [0.2, 0.25) is 0 Å². The number of hydrogen-bond acceptors (Lipinski definition) is 6. The van der Waals surface area contributed by atoms with Crippen molar-refractivity contribution in [2.24, 2.45) is 0 Å². The Hall–Kier alpha value is -3.79. The molecule has 0 unspecified atom stereocenters. The number of anilines is 1. The highest BCUT2D eigenvalue weighted by Gasteiger charge is 2.33. The third-order valence-electron chi connectivity index (χ3n) is 6.18. The molecule has 1 saturated heterocycles. The summed E-state index contributed by atoms with van der Waals surface area (Å²) in [7, 11) is 1.65. The summed E-state index contributed by atoms with van der Waals surface area (Å²) >= 11 is 0. The van der Waals surface area contributed by atoms with Crippen LogP contribution in [0.25, 0.3) is 5.52 Å². The normalized spacial score (nSPS) is 15.5. The summed E-state index contributed by atoms with van der Waals surface area (Å²) < 4.78 is 18.9. The van der Waals surface area contributed by atoms with Crippen LogP contribution in [-0.2, 0) is 4.74 Å². The fourth-order valence-electron chi connectivity index (χ4n) is 4.29. The lowest BCUT2D eigenvalue weighted by molar-refractivity contribution is -0.0192. The van der Waals surface area contributed by atoms with Gasteiger partial charge in [-0.1, -0.05) is 0 Å². The average molecular weight is 466 g/mol. The number of methoxy groups -OCH3 is 1. The molecule has 0 aliphatic carbocycles. The molecule has 178 valence electrons. The summed E-state index contributed by atoms with van der Waals surface area (Å²) in [6.07, 6.45) is 3.46. The highest BCUT2D eigenvalue weighted by Crippen LogP contribution is 2.38. The number of hydrogen-bond donors (Lipinski definition) is 1. The van der Waals surface area contributed by atoms with E-state index >= 15 is 0 Å². The van der Waals surface area contributed by atoms with Crippen molar-refractivity contribution in [3.8, 4) is 17.2 Å². The van der Waals surface area contributed by atoms with Crippen molar-refractivity contribution in [1.29, 1.82) is 0 Å². The molecule has 0 bridgehead atoms. The van der Waals surface area contributed by atoms with E-state index in [-0.39, 0.29) is 18.0 Å². The van der Waals surface area contributed by atoms with E-state index in [1.807, 2.05) is 19.9 Å². The zero-order valence-electron chi connectivity index (χ0n) is 19.4. The first kappa shape index (κ1) is 22.0. The molecule has 10 heteroatoms. The molecule has 1 N–H and O–H groups in total. The van der Waals surface area contributed by atoms with Crippen LogP contribution in [0.15, 0.2) is 36.7 Å². The quantitative estimate of drug-likeness (QED) is 0.622. The van der Waals surface area contributed by atoms with Crippen LogP contribution in [0.1, 0.15) is 22.8 Å². The SMILES string of the molecule is CCNC(=O)N1CCOc2cc(Oc3ccnn4cc(C(=O)N5CC(OC)C5)c(C)c34)ccc21. The number of aryl methyl sites for hydroxylation is 1. The number of aromatic nitrogens is 2. The number of rotatable bonds is 5. The fraction of sp³-hybridized carbons (Fsp3) is 0.375. The van der Waals surface area contributed by atoms with Gasteiger partial charge < -0.3 is 24.4 Å². The van der Waals surface area contributed by atoms with Crippen molar-refractivity contribution in [2.45, 2.75) is 20.0 Å². The van der Waals surface area contributed by atoms with E-state index in [0.717, 1.165) is 11.1 Å². The van der Waals surface area contributed by atoms with Crippen LogP contribution in [0.4, 0.5) is 10.5 Å². The second kappa shape index (κ2) is 8.86. The Morgan fingerprint density at radius 1 is 1.26 bits per heavy atom. The van der Waals surface area contributed by atoms with Crippen molar-refractivity contribution in [3.63, 3.8) is 0 Å². The molecule has 34 heavy (non-hydrogen) atoms. The molecule has 2 aliphatic heterocycles. The number of ether oxygens (including phenoxy) is 3. The smallest absolute Gasteiger partial charge is 0.322 e. The Morgan fingerprint density at radius 2 is 2.09 bits per heavy atom. The second-order valence-electron chi connectivity index (χ2n) is 8.29. The summed E-state index contributed by atoms with van der Waals surface area (Å²) in [5.74, 6) is 1.66. The van der Waals surface area contributed by atoms with Crippen molar-refractivity contribution < 1.29 is 23.8 Å². The number of carbonyl (C=O) groups excluding carboxylic acids is 2. The van der Waals surface area contributed by atoms with Crippen LogP contribution >= 0.6 is 0 Å². The number of amides is 3. The summed E-state index contributed by atoms with van der Waals surface area (Å²) in [5.41, 5.74) is 2.80. The maximum atomic E-state index is 13.0. The van der Waals surface area contributed by atoms with Gasteiger partial charge in [-0.05, 0) is 31.5 Å². The molecule has 0 saturated carbocycles. The summed E-state index contributed by atoms with van der Waals surface area (Å²) in [6.45, 7) is 6.37. The molecule has 3 amide bonds. The molecular formula is C24H27N5O5. The van der Waals surface area contributed by atoms with Gasteiger partial charge in [-0.3, -0.25) is 9.69 Å². The minimum atomic E-state index is -0.156. The molecule has 0 atom stereocenters. The van der Waals surface area contributed by atoms with Crippen molar-refractivity contribution >= 4 is 23.1 Å². The standard InChI is InChI=1S/C24H27N5O5/c1-4-25-24(31)28-9-10-33-21-11-16(5-6-19(21)28)34-20-7-8-26-29-14-18(15(2)22(20)29)23(30)27-12-17(13-27)32-3/h5-8,11,14,17H,4,9-10,12-13H2,1-3H3,(H,25,31). The van der Waals surface area contributed by atoms with E-state index < -0.39 is 0 Å². The Bertz CT molecular complexity index is 1250. The minimum Gasteiger partial charge on any atom is -0.489 e. The number of nitrogens with one attached hydrogen (secondary N) is 1. The van der Waals surface area contributed by atoms with Crippen LogP contribution in [0.3, 0.4) is 0 Å². The molecule has 1 fully saturated rings. The van der Waals surface area contributed by atoms with Gasteiger partial charge in [-0.2, -0.15) is 5.10 Å². The molecule has 5 rings (SSSR count). The molecule has 2 aromatic heterocycles. The van der Waals surface area contributed by atoms with Gasteiger partial charge in [0.15, 0.2) is 5.75 Å². The zero-order chi connectivity index (χ0) is 23.8. The third kappa shape index (κ3) is 3.79. The van der Waals surface area contributed by atoms with Gasteiger partial charge in [-0.25, -0.2) is 9.31 Å². The summed E-state index contributed by atoms with van der Waals surface area (Å²) in [4.78, 5) is 28.8. The molecule has 1 aromatic carbocycles. The van der Waals surface area contributed by atoms with Crippen LogP contribution in [0.5, 0.6) is 17.2 Å².